The largest absolute Gasteiger partial charge is 0.464 e. The normalized spacial score (nSPS) is 14.0. The van der Waals surface area contributed by atoms with Crippen molar-refractivity contribution in [2.75, 3.05) is 14.2 Å². The lowest BCUT2D eigenvalue weighted by molar-refractivity contribution is -0.136. The highest BCUT2D eigenvalue weighted by atomic mass is 32.1. The molecule has 0 bridgehead atoms. The van der Waals surface area contributed by atoms with Gasteiger partial charge in [0.15, 0.2) is 5.69 Å². The number of ether oxygens (including phenoxy) is 1. The van der Waals surface area contributed by atoms with E-state index in [-0.39, 0.29) is 29.5 Å². The van der Waals surface area contributed by atoms with Crippen molar-refractivity contribution >= 4 is 23.2 Å². The summed E-state index contributed by atoms with van der Waals surface area (Å²) in [6, 6.07) is -0.106. The van der Waals surface area contributed by atoms with Crippen LogP contribution in [-0.4, -0.2) is 47.1 Å². The summed E-state index contributed by atoms with van der Waals surface area (Å²) in [7, 11) is 3.06. The number of thiazole rings is 1. The predicted molar refractivity (Wildman–Crippen MR) is 89.3 cm³/mol. The Hall–Kier alpha value is -1.47. The number of nitrogens with zero attached hydrogens (tertiary/aromatic N) is 2. The van der Waals surface area contributed by atoms with Crippen molar-refractivity contribution in [1.29, 1.82) is 0 Å². The standard InChI is InChI=1S/C16H26N2O4S/c1-9(2)12(18(5)15(20)10(3)4)7-13(19)14-17-11(8-23-14)16(21)22-6/h8-10,12-13,19H,7H2,1-6H3/t12-,13-/m1/s1. The fraction of sp³-hybridized carbons (Fsp3) is 0.688. The maximum Gasteiger partial charge on any atom is 0.357 e. The summed E-state index contributed by atoms with van der Waals surface area (Å²) in [6.45, 7) is 7.75. The molecule has 0 aliphatic rings. The van der Waals surface area contributed by atoms with E-state index in [0.717, 1.165) is 0 Å². The summed E-state index contributed by atoms with van der Waals surface area (Å²) in [5.74, 6) is -0.376. The molecule has 0 fully saturated rings. The smallest absolute Gasteiger partial charge is 0.357 e. The van der Waals surface area contributed by atoms with Crippen molar-refractivity contribution in [3.63, 3.8) is 0 Å². The number of aliphatic hydroxyl groups excluding tert-OH is 1. The summed E-state index contributed by atoms with van der Waals surface area (Å²) in [5, 5.41) is 12.5. The zero-order chi connectivity index (χ0) is 17.7. The molecule has 1 aromatic heterocycles. The number of carbonyl (C=O) groups excluding carboxylic acids is 2. The van der Waals surface area contributed by atoms with Crippen molar-refractivity contribution < 1.29 is 19.4 Å². The van der Waals surface area contributed by atoms with Crippen LogP contribution in [0.1, 0.15) is 55.7 Å². The minimum absolute atomic E-state index is 0.0466. The highest BCUT2D eigenvalue weighted by Crippen LogP contribution is 2.27. The number of aliphatic hydroxyl groups is 1. The van der Waals surface area contributed by atoms with Crippen LogP contribution in [0.3, 0.4) is 0 Å². The Kier molecular flexibility index (Phi) is 7.15. The minimum atomic E-state index is -0.826. The van der Waals surface area contributed by atoms with Gasteiger partial charge in [-0.25, -0.2) is 9.78 Å². The molecule has 0 aliphatic carbocycles. The first-order chi connectivity index (χ1) is 10.7. The molecule has 1 N–H and O–H groups in total. The van der Waals surface area contributed by atoms with Crippen LogP contribution >= 0.6 is 11.3 Å². The second-order valence-electron chi connectivity index (χ2n) is 6.23. The zero-order valence-corrected chi connectivity index (χ0v) is 15.4. The SMILES string of the molecule is COC(=O)c1csc([C@H](O)C[C@H](C(C)C)N(C)C(=O)C(C)C)n1. The highest BCUT2D eigenvalue weighted by Gasteiger charge is 2.28. The average Bonchev–Trinajstić information content (AvgIpc) is 2.99. The van der Waals surface area contributed by atoms with Gasteiger partial charge in [0, 0.05) is 30.8 Å². The van der Waals surface area contributed by atoms with Gasteiger partial charge >= 0.3 is 5.97 Å². The lowest BCUT2D eigenvalue weighted by Crippen LogP contribution is -2.43. The molecule has 6 nitrogen and oxygen atoms in total. The Morgan fingerprint density at radius 1 is 1.35 bits per heavy atom. The van der Waals surface area contributed by atoms with E-state index in [4.69, 9.17) is 0 Å². The number of methoxy groups -OCH3 is 1. The van der Waals surface area contributed by atoms with Crippen LogP contribution in [0.5, 0.6) is 0 Å². The molecule has 0 radical (unpaired) electrons. The van der Waals surface area contributed by atoms with E-state index >= 15 is 0 Å². The van der Waals surface area contributed by atoms with Crippen LogP contribution in [0.4, 0.5) is 0 Å². The van der Waals surface area contributed by atoms with Gasteiger partial charge in [0.05, 0.1) is 7.11 Å². The van der Waals surface area contributed by atoms with Crippen LogP contribution in [0.25, 0.3) is 0 Å². The van der Waals surface area contributed by atoms with E-state index in [1.807, 2.05) is 27.7 Å². The number of amides is 1. The maximum atomic E-state index is 12.2. The third-order valence-electron chi connectivity index (χ3n) is 3.77. The predicted octanol–water partition coefficient (Wildman–Crippen LogP) is 2.49. The van der Waals surface area contributed by atoms with E-state index in [9.17, 15) is 14.7 Å². The molecular formula is C16H26N2O4S. The monoisotopic (exact) mass is 342 g/mol. The summed E-state index contributed by atoms with van der Waals surface area (Å²) < 4.78 is 4.62. The molecule has 0 aliphatic heterocycles. The Morgan fingerprint density at radius 3 is 2.43 bits per heavy atom. The van der Waals surface area contributed by atoms with Gasteiger partial charge in [0.1, 0.15) is 11.1 Å². The molecule has 1 heterocycles. The third kappa shape index (κ3) is 5.00. The molecule has 1 rings (SSSR count). The summed E-state index contributed by atoms with van der Waals surface area (Å²) in [5.41, 5.74) is 0.194. The first-order valence-corrected chi connectivity index (χ1v) is 8.55. The quantitative estimate of drug-likeness (QED) is 0.770. The molecular weight excluding hydrogens is 316 g/mol. The number of hydrogen-bond donors (Lipinski definition) is 1. The number of aromatic nitrogens is 1. The molecule has 23 heavy (non-hydrogen) atoms. The van der Waals surface area contributed by atoms with Crippen LogP contribution in [0, 0.1) is 11.8 Å². The zero-order valence-electron chi connectivity index (χ0n) is 14.6. The summed E-state index contributed by atoms with van der Waals surface area (Å²) >= 11 is 1.22. The fourth-order valence-electron chi connectivity index (χ4n) is 2.42. The maximum absolute atomic E-state index is 12.2. The molecule has 0 unspecified atom stereocenters. The average molecular weight is 342 g/mol. The van der Waals surface area contributed by atoms with E-state index in [1.165, 1.54) is 18.4 Å². The number of rotatable bonds is 7. The summed E-state index contributed by atoms with van der Waals surface area (Å²) in [6.07, 6.45) is -0.450. The van der Waals surface area contributed by atoms with Gasteiger partial charge in [-0.3, -0.25) is 4.79 Å². The van der Waals surface area contributed by atoms with Gasteiger partial charge in [0.25, 0.3) is 0 Å². The molecule has 0 saturated heterocycles. The summed E-state index contributed by atoms with van der Waals surface area (Å²) in [4.78, 5) is 29.5. The topological polar surface area (TPSA) is 79.7 Å². The number of hydrogen-bond acceptors (Lipinski definition) is 6. The van der Waals surface area contributed by atoms with Crippen molar-refractivity contribution in [3.05, 3.63) is 16.1 Å². The lowest BCUT2D eigenvalue weighted by atomic mass is 9.95. The van der Waals surface area contributed by atoms with Crippen LogP contribution in [0.15, 0.2) is 5.38 Å². The van der Waals surface area contributed by atoms with E-state index in [0.29, 0.717) is 11.4 Å². The first kappa shape index (κ1) is 19.6. The van der Waals surface area contributed by atoms with Crippen molar-refractivity contribution in [2.24, 2.45) is 11.8 Å². The first-order valence-electron chi connectivity index (χ1n) is 7.67. The van der Waals surface area contributed by atoms with E-state index in [1.54, 1.807) is 17.3 Å². The van der Waals surface area contributed by atoms with E-state index in [2.05, 4.69) is 9.72 Å². The van der Waals surface area contributed by atoms with Gasteiger partial charge in [-0.05, 0) is 5.92 Å². The number of carbonyl (C=O) groups is 2. The van der Waals surface area contributed by atoms with Crippen LogP contribution < -0.4 is 0 Å². The molecule has 0 spiro atoms. The van der Waals surface area contributed by atoms with Gasteiger partial charge in [0.2, 0.25) is 5.91 Å². The molecule has 1 amide bonds. The highest BCUT2D eigenvalue weighted by molar-refractivity contribution is 7.09. The van der Waals surface area contributed by atoms with Gasteiger partial charge in [-0.2, -0.15) is 0 Å². The Bertz CT molecular complexity index is 542. The molecule has 2 atom stereocenters. The van der Waals surface area contributed by atoms with Gasteiger partial charge in [-0.1, -0.05) is 27.7 Å². The van der Waals surface area contributed by atoms with Crippen LogP contribution in [-0.2, 0) is 9.53 Å². The van der Waals surface area contributed by atoms with Gasteiger partial charge in [-0.15, -0.1) is 11.3 Å². The molecule has 1 aromatic rings. The number of esters is 1. The minimum Gasteiger partial charge on any atom is -0.464 e. The second kappa shape index (κ2) is 8.40. The van der Waals surface area contributed by atoms with Crippen LogP contribution in [0.2, 0.25) is 0 Å². The molecule has 130 valence electrons. The van der Waals surface area contributed by atoms with Crippen molar-refractivity contribution in [2.45, 2.75) is 46.3 Å². The molecule has 0 saturated carbocycles. The third-order valence-corrected chi connectivity index (χ3v) is 4.72. The van der Waals surface area contributed by atoms with Gasteiger partial charge < -0.3 is 14.7 Å². The van der Waals surface area contributed by atoms with E-state index < -0.39 is 12.1 Å². The lowest BCUT2D eigenvalue weighted by Gasteiger charge is -2.33. The van der Waals surface area contributed by atoms with Crippen molar-refractivity contribution in [1.82, 2.24) is 9.88 Å². The Balaban J connectivity index is 2.86. The Labute approximate surface area is 141 Å². The molecule has 7 heteroatoms. The Morgan fingerprint density at radius 2 is 1.96 bits per heavy atom. The molecule has 0 aromatic carbocycles. The fourth-order valence-corrected chi connectivity index (χ4v) is 3.20. The van der Waals surface area contributed by atoms with Crippen molar-refractivity contribution in [3.8, 4) is 0 Å². The second-order valence-corrected chi connectivity index (χ2v) is 7.12.